The predicted molar refractivity (Wildman–Crippen MR) is 117 cm³/mol. The number of rotatable bonds is 3. The summed E-state index contributed by atoms with van der Waals surface area (Å²) in [5.74, 6) is -0.718. The highest BCUT2D eigenvalue weighted by Gasteiger charge is 2.21. The van der Waals surface area contributed by atoms with Crippen LogP contribution < -0.4 is 5.32 Å². The highest BCUT2D eigenvalue weighted by Crippen LogP contribution is 2.35. The fraction of sp³-hybridized carbons (Fsp3) is 0.0909. The Morgan fingerprint density at radius 1 is 0.969 bits per heavy atom. The number of aromatic nitrogens is 6. The van der Waals surface area contributed by atoms with Crippen LogP contribution in [0, 0.1) is 11.6 Å². The van der Waals surface area contributed by atoms with Gasteiger partial charge in [-0.25, -0.2) is 13.8 Å². The third-order valence-corrected chi connectivity index (χ3v) is 5.83. The minimum atomic E-state index is -0.826. The highest BCUT2D eigenvalue weighted by molar-refractivity contribution is 6.31. The number of benzene rings is 1. The number of hydrogen-bond donors (Lipinski definition) is 3. The number of anilines is 1. The maximum Gasteiger partial charge on any atom is 0.151 e. The van der Waals surface area contributed by atoms with Gasteiger partial charge in [0.15, 0.2) is 5.82 Å². The van der Waals surface area contributed by atoms with Crippen molar-refractivity contribution in [3.05, 3.63) is 64.9 Å². The molecule has 1 aromatic carbocycles. The van der Waals surface area contributed by atoms with Gasteiger partial charge in [-0.15, -0.1) is 0 Å². The fourth-order valence-corrected chi connectivity index (χ4v) is 4.15. The van der Waals surface area contributed by atoms with Gasteiger partial charge in [-0.2, -0.15) is 10.2 Å². The second-order valence-electron chi connectivity index (χ2n) is 7.45. The average Bonchev–Trinajstić information content (AvgIpc) is 3.52. The number of halogens is 3. The molecule has 0 fully saturated rings. The lowest BCUT2D eigenvalue weighted by molar-refractivity contribution is 0.585. The van der Waals surface area contributed by atoms with E-state index < -0.39 is 11.6 Å². The monoisotopic (exact) mass is 449 g/mol. The fourth-order valence-electron chi connectivity index (χ4n) is 3.99. The SMILES string of the molecule is Fc1cc(F)c(-c2n[nH]cc2-c2ccc3ncc(-c4[nH]nc5c4CCN5)cc3n2)cc1Cl. The quantitative estimate of drug-likeness (QED) is 0.338. The molecule has 0 saturated carbocycles. The zero-order valence-corrected chi connectivity index (χ0v) is 17.1. The Kier molecular flexibility index (Phi) is 4.19. The third kappa shape index (κ3) is 2.93. The molecule has 0 radical (unpaired) electrons. The summed E-state index contributed by atoms with van der Waals surface area (Å²) in [6.07, 6.45) is 4.29. The van der Waals surface area contributed by atoms with Crippen LogP contribution in [0.2, 0.25) is 5.02 Å². The van der Waals surface area contributed by atoms with Crippen LogP contribution in [-0.4, -0.2) is 36.9 Å². The maximum absolute atomic E-state index is 14.5. The van der Waals surface area contributed by atoms with Crippen LogP contribution in [0.3, 0.4) is 0 Å². The summed E-state index contributed by atoms with van der Waals surface area (Å²) in [4.78, 5) is 9.26. The lowest BCUT2D eigenvalue weighted by Gasteiger charge is -2.07. The number of H-pyrrole nitrogens is 2. The second-order valence-corrected chi connectivity index (χ2v) is 7.86. The Hall–Kier alpha value is -3.85. The van der Waals surface area contributed by atoms with Crippen LogP contribution in [-0.2, 0) is 6.42 Å². The van der Waals surface area contributed by atoms with Crippen molar-refractivity contribution in [3.63, 3.8) is 0 Å². The van der Waals surface area contributed by atoms with E-state index >= 15 is 0 Å². The van der Waals surface area contributed by atoms with Crippen LogP contribution in [0.25, 0.3) is 44.8 Å². The number of nitrogens with zero attached hydrogens (tertiary/aromatic N) is 4. The summed E-state index contributed by atoms with van der Waals surface area (Å²) in [5.41, 5.74) is 5.80. The average molecular weight is 450 g/mol. The van der Waals surface area contributed by atoms with Crippen LogP contribution in [0.1, 0.15) is 5.56 Å². The summed E-state index contributed by atoms with van der Waals surface area (Å²) in [6, 6.07) is 7.53. The Labute approximate surface area is 184 Å². The molecule has 5 heterocycles. The van der Waals surface area contributed by atoms with Crippen LogP contribution >= 0.6 is 11.6 Å². The molecule has 0 unspecified atom stereocenters. The molecule has 0 amide bonds. The molecule has 32 heavy (non-hydrogen) atoms. The van der Waals surface area contributed by atoms with Crippen molar-refractivity contribution in [1.82, 2.24) is 30.4 Å². The first-order valence-electron chi connectivity index (χ1n) is 9.86. The van der Waals surface area contributed by atoms with E-state index in [0.29, 0.717) is 22.3 Å². The molecular formula is C22H14ClF2N7. The Morgan fingerprint density at radius 2 is 1.88 bits per heavy atom. The van der Waals surface area contributed by atoms with E-state index in [0.717, 1.165) is 41.7 Å². The molecule has 0 bridgehead atoms. The topological polar surface area (TPSA) is 95.2 Å². The van der Waals surface area contributed by atoms with E-state index in [4.69, 9.17) is 16.6 Å². The minimum Gasteiger partial charge on any atom is -0.368 e. The number of aromatic amines is 2. The zero-order valence-electron chi connectivity index (χ0n) is 16.4. The van der Waals surface area contributed by atoms with Crippen molar-refractivity contribution in [1.29, 1.82) is 0 Å². The van der Waals surface area contributed by atoms with E-state index in [9.17, 15) is 8.78 Å². The Balaban J connectivity index is 1.46. The number of nitrogens with one attached hydrogen (secondary N) is 3. The summed E-state index contributed by atoms with van der Waals surface area (Å²) < 4.78 is 28.1. The maximum atomic E-state index is 14.5. The van der Waals surface area contributed by atoms with Gasteiger partial charge in [0.25, 0.3) is 0 Å². The number of pyridine rings is 2. The molecule has 0 saturated heterocycles. The molecule has 6 rings (SSSR count). The Morgan fingerprint density at radius 3 is 2.78 bits per heavy atom. The van der Waals surface area contributed by atoms with Gasteiger partial charge in [0.2, 0.25) is 0 Å². The largest absolute Gasteiger partial charge is 0.368 e. The molecule has 1 aliphatic heterocycles. The first kappa shape index (κ1) is 18.9. The molecule has 3 N–H and O–H groups in total. The molecule has 1 aliphatic rings. The zero-order chi connectivity index (χ0) is 21.8. The molecule has 4 aromatic heterocycles. The van der Waals surface area contributed by atoms with Gasteiger partial charge in [0.1, 0.15) is 17.3 Å². The third-order valence-electron chi connectivity index (χ3n) is 5.54. The molecule has 158 valence electrons. The minimum absolute atomic E-state index is 0.0851. The smallest absolute Gasteiger partial charge is 0.151 e. The molecule has 0 atom stereocenters. The normalized spacial score (nSPS) is 12.8. The van der Waals surface area contributed by atoms with Crippen molar-refractivity contribution in [2.75, 3.05) is 11.9 Å². The van der Waals surface area contributed by atoms with E-state index in [2.05, 4.69) is 30.7 Å². The standard InChI is InChI=1S/C22H14ClF2N7/c23-14-6-12(15(24)7-16(14)25)21-13(9-28-30-21)17-1-2-18-19(29-17)5-10(8-27-18)20-11-3-4-26-22(11)32-31-20/h1-2,5-9H,3-4H2,(H,28,30)(H2,26,31,32). The lowest BCUT2D eigenvalue weighted by Crippen LogP contribution is -1.95. The van der Waals surface area contributed by atoms with E-state index in [1.54, 1.807) is 18.5 Å². The second kappa shape index (κ2) is 7.10. The first-order chi connectivity index (χ1) is 15.6. The number of hydrogen-bond acceptors (Lipinski definition) is 5. The molecule has 0 spiro atoms. The van der Waals surface area contributed by atoms with Gasteiger partial charge in [-0.05, 0) is 30.7 Å². The van der Waals surface area contributed by atoms with Crippen molar-refractivity contribution < 1.29 is 8.78 Å². The Bertz CT molecular complexity index is 1510. The molecular weight excluding hydrogens is 436 g/mol. The molecule has 7 nitrogen and oxygen atoms in total. The van der Waals surface area contributed by atoms with E-state index in [1.165, 1.54) is 6.07 Å². The molecule has 10 heteroatoms. The van der Waals surface area contributed by atoms with Crippen molar-refractivity contribution in [2.24, 2.45) is 0 Å². The summed E-state index contributed by atoms with van der Waals surface area (Å²) >= 11 is 5.87. The van der Waals surface area contributed by atoms with Gasteiger partial charge in [-0.3, -0.25) is 15.2 Å². The van der Waals surface area contributed by atoms with Gasteiger partial charge in [0.05, 0.1) is 27.4 Å². The van der Waals surface area contributed by atoms with Gasteiger partial charge in [-0.1, -0.05) is 11.6 Å². The van der Waals surface area contributed by atoms with Gasteiger partial charge < -0.3 is 5.32 Å². The summed E-state index contributed by atoms with van der Waals surface area (Å²) in [5, 5.41) is 17.3. The van der Waals surface area contributed by atoms with E-state index in [-0.39, 0.29) is 16.3 Å². The van der Waals surface area contributed by atoms with Crippen molar-refractivity contribution >= 4 is 28.5 Å². The van der Waals surface area contributed by atoms with E-state index in [1.807, 2.05) is 12.1 Å². The van der Waals surface area contributed by atoms with Crippen LogP contribution in [0.15, 0.2) is 42.7 Å². The predicted octanol–water partition coefficient (Wildman–Crippen LogP) is 4.98. The van der Waals surface area contributed by atoms with Crippen LogP contribution in [0.5, 0.6) is 0 Å². The van der Waals surface area contributed by atoms with Gasteiger partial charge in [0, 0.05) is 47.3 Å². The van der Waals surface area contributed by atoms with Crippen molar-refractivity contribution in [2.45, 2.75) is 6.42 Å². The first-order valence-corrected chi connectivity index (χ1v) is 10.2. The summed E-state index contributed by atoms with van der Waals surface area (Å²) in [7, 11) is 0. The molecule has 5 aromatic rings. The molecule has 0 aliphatic carbocycles. The van der Waals surface area contributed by atoms with Crippen molar-refractivity contribution in [3.8, 4) is 33.8 Å². The van der Waals surface area contributed by atoms with Gasteiger partial charge >= 0.3 is 0 Å². The number of fused-ring (bicyclic) bond motifs is 2. The van der Waals surface area contributed by atoms with Crippen LogP contribution in [0.4, 0.5) is 14.6 Å². The lowest BCUT2D eigenvalue weighted by atomic mass is 10.0. The highest BCUT2D eigenvalue weighted by atomic mass is 35.5. The summed E-state index contributed by atoms with van der Waals surface area (Å²) in [6.45, 7) is 0.857.